The second-order valence-corrected chi connectivity index (χ2v) is 8.80. The van der Waals surface area contributed by atoms with E-state index in [1.807, 2.05) is 6.92 Å². The van der Waals surface area contributed by atoms with Crippen LogP contribution in [0.5, 0.6) is 0 Å². The lowest BCUT2D eigenvalue weighted by Gasteiger charge is -2.32. The van der Waals surface area contributed by atoms with Crippen molar-refractivity contribution in [1.82, 2.24) is 15.7 Å². The molecule has 0 saturated heterocycles. The Kier molecular flexibility index (Phi) is 14.1. The molecule has 3 atom stereocenters. The van der Waals surface area contributed by atoms with E-state index in [0.29, 0.717) is 31.2 Å². The number of carbonyl (C=O) groups excluding carboxylic acids is 2. The van der Waals surface area contributed by atoms with Gasteiger partial charge in [0.2, 0.25) is 12.3 Å². The Morgan fingerprint density at radius 3 is 2.44 bits per heavy atom. The van der Waals surface area contributed by atoms with Crippen molar-refractivity contribution in [2.75, 3.05) is 13.5 Å². The first-order chi connectivity index (χ1) is 16.2. The summed E-state index contributed by atoms with van der Waals surface area (Å²) in [5, 5.41) is 14.1. The van der Waals surface area contributed by atoms with Gasteiger partial charge in [-0.2, -0.15) is 0 Å². The smallest absolute Gasteiger partial charge is 0.465 e. The minimum absolute atomic E-state index is 0.159. The molecule has 0 aromatic heterocycles. The van der Waals surface area contributed by atoms with E-state index < -0.39 is 38.6 Å². The summed E-state index contributed by atoms with van der Waals surface area (Å²) >= 11 is 0. The van der Waals surface area contributed by atoms with E-state index in [2.05, 4.69) is 10.6 Å². The van der Waals surface area contributed by atoms with Gasteiger partial charge in [0.1, 0.15) is 0 Å². The number of nitrogens with one attached hydrogen (secondary N) is 2. The van der Waals surface area contributed by atoms with Crippen molar-refractivity contribution >= 4 is 26.2 Å². The van der Waals surface area contributed by atoms with Crippen molar-refractivity contribution in [1.29, 1.82) is 0 Å². The highest BCUT2D eigenvalue weighted by Gasteiger charge is 2.32. The summed E-state index contributed by atoms with van der Waals surface area (Å²) in [6.45, 7) is 2.55. The number of rotatable bonds is 18. The lowest BCUT2D eigenvalue weighted by molar-refractivity contribution is -0.221. The quantitative estimate of drug-likeness (QED) is 0.0775. The number of hydroxylamine groups is 2. The molecule has 12 nitrogen and oxygen atoms in total. The van der Waals surface area contributed by atoms with Crippen molar-refractivity contribution < 1.29 is 42.8 Å². The van der Waals surface area contributed by atoms with Gasteiger partial charge >= 0.3 is 13.9 Å². The number of phosphoric ester groups is 1. The van der Waals surface area contributed by atoms with Crippen LogP contribution >= 0.6 is 7.82 Å². The molecule has 3 amide bonds. The zero-order chi connectivity index (χ0) is 25.4. The van der Waals surface area contributed by atoms with Gasteiger partial charge in [-0.3, -0.25) is 18.6 Å². The Morgan fingerprint density at radius 2 is 1.85 bits per heavy atom. The maximum absolute atomic E-state index is 12.7. The van der Waals surface area contributed by atoms with Gasteiger partial charge in [0, 0.05) is 0 Å². The van der Waals surface area contributed by atoms with Gasteiger partial charge in [0.15, 0.2) is 6.79 Å². The third-order valence-corrected chi connectivity index (χ3v) is 5.81. The van der Waals surface area contributed by atoms with Gasteiger partial charge < -0.3 is 20.6 Å². The highest BCUT2D eigenvalue weighted by Crippen LogP contribution is 2.44. The monoisotopic (exact) mass is 503 g/mol. The zero-order valence-corrected chi connectivity index (χ0v) is 20.3. The van der Waals surface area contributed by atoms with Crippen LogP contribution in [-0.4, -0.2) is 53.0 Å². The van der Waals surface area contributed by atoms with Gasteiger partial charge in [-0.15, -0.1) is 0 Å². The Balaban J connectivity index is 2.72. The van der Waals surface area contributed by atoms with Crippen LogP contribution in [0.4, 0.5) is 4.79 Å². The highest BCUT2D eigenvalue weighted by molar-refractivity contribution is 7.47. The zero-order valence-electron chi connectivity index (χ0n) is 19.4. The number of carboxylic acid groups (broad SMARTS) is 1. The molecule has 34 heavy (non-hydrogen) atoms. The van der Waals surface area contributed by atoms with Crippen LogP contribution in [0.25, 0.3) is 0 Å². The third-order valence-electron chi connectivity index (χ3n) is 4.93. The second-order valence-electron chi connectivity index (χ2n) is 7.35. The summed E-state index contributed by atoms with van der Waals surface area (Å²) in [7, 11) is -4.46. The Morgan fingerprint density at radius 1 is 1.15 bits per heavy atom. The fourth-order valence-electron chi connectivity index (χ4n) is 3.22. The molecule has 0 aliphatic rings. The molecule has 4 N–H and O–H groups in total. The predicted molar refractivity (Wildman–Crippen MR) is 122 cm³/mol. The summed E-state index contributed by atoms with van der Waals surface area (Å²) in [5.41, 5.74) is 0.667. The Hall–Kier alpha value is -2.50. The molecule has 0 saturated carbocycles. The van der Waals surface area contributed by atoms with E-state index in [1.165, 1.54) is 0 Å². The van der Waals surface area contributed by atoms with E-state index in [-0.39, 0.29) is 13.3 Å². The van der Waals surface area contributed by atoms with Crippen LogP contribution in [-0.2, 0) is 34.6 Å². The molecular weight excluding hydrogens is 469 g/mol. The second kappa shape index (κ2) is 16.2. The standard InChI is InChI=1S/C21H34N3O9P/c1-3-5-7-12-18(20(26)22-14-23-21(27)28)19(4-2)24(15-25)31-16-33-34(29,30)32-13-17-10-8-6-9-11-17/h6,8-11,15,18-19,23H,3-5,7,12-14,16H2,1-2H3,(H,22,26)(H,27,28)(H,29,30)/t18-,19-/m1/s1. The normalized spacial score (nSPS) is 14.4. The Labute approximate surface area is 199 Å². The molecule has 13 heteroatoms. The number of carbonyl (C=O) groups is 3. The highest BCUT2D eigenvalue weighted by atomic mass is 31.2. The van der Waals surface area contributed by atoms with Crippen molar-refractivity contribution in [3.63, 3.8) is 0 Å². The average molecular weight is 503 g/mol. The first-order valence-electron chi connectivity index (χ1n) is 11.0. The first-order valence-corrected chi connectivity index (χ1v) is 12.5. The van der Waals surface area contributed by atoms with Crippen LogP contribution in [0, 0.1) is 5.92 Å². The minimum Gasteiger partial charge on any atom is -0.465 e. The van der Waals surface area contributed by atoms with Crippen LogP contribution in [0.1, 0.15) is 51.5 Å². The van der Waals surface area contributed by atoms with Crippen LogP contribution in [0.15, 0.2) is 30.3 Å². The molecule has 1 rings (SSSR count). The molecule has 192 valence electrons. The molecule has 1 aromatic carbocycles. The van der Waals surface area contributed by atoms with E-state index in [9.17, 15) is 23.8 Å². The van der Waals surface area contributed by atoms with Gasteiger partial charge in [-0.25, -0.2) is 19.3 Å². The molecule has 0 aliphatic heterocycles. The summed E-state index contributed by atoms with van der Waals surface area (Å²) < 4.78 is 21.8. The molecule has 0 heterocycles. The summed E-state index contributed by atoms with van der Waals surface area (Å²) in [5.74, 6) is -1.15. The number of phosphoric acid groups is 1. The lowest BCUT2D eigenvalue weighted by Crippen LogP contribution is -2.48. The number of unbranched alkanes of at least 4 members (excludes halogenated alkanes) is 2. The minimum atomic E-state index is -4.46. The van der Waals surface area contributed by atoms with Crippen LogP contribution in [0.2, 0.25) is 0 Å². The largest absolute Gasteiger partial charge is 0.474 e. The molecule has 0 spiro atoms. The fourth-order valence-corrected chi connectivity index (χ4v) is 3.78. The van der Waals surface area contributed by atoms with Crippen molar-refractivity contribution in [3.05, 3.63) is 35.9 Å². The van der Waals surface area contributed by atoms with Gasteiger partial charge in [0.25, 0.3) is 0 Å². The van der Waals surface area contributed by atoms with Crippen LogP contribution in [0.3, 0.4) is 0 Å². The number of amides is 3. The fraction of sp³-hybridized carbons (Fsp3) is 0.571. The summed E-state index contributed by atoms with van der Waals surface area (Å²) in [6, 6.07) is 8.01. The number of nitrogens with zero attached hydrogens (tertiary/aromatic N) is 1. The number of hydrogen-bond donors (Lipinski definition) is 4. The van der Waals surface area contributed by atoms with Gasteiger partial charge in [-0.1, -0.05) is 63.4 Å². The lowest BCUT2D eigenvalue weighted by atomic mass is 9.90. The maximum Gasteiger partial charge on any atom is 0.474 e. The van der Waals surface area contributed by atoms with E-state index in [0.717, 1.165) is 17.9 Å². The number of benzene rings is 1. The number of hydrogen-bond acceptors (Lipinski definition) is 7. The molecule has 0 aliphatic carbocycles. The first kappa shape index (κ1) is 29.5. The molecule has 0 bridgehead atoms. The third kappa shape index (κ3) is 11.6. The van der Waals surface area contributed by atoms with Crippen LogP contribution < -0.4 is 10.6 Å². The van der Waals surface area contributed by atoms with Gasteiger partial charge in [-0.05, 0) is 18.4 Å². The summed E-state index contributed by atoms with van der Waals surface area (Å²) in [4.78, 5) is 50.1. The average Bonchev–Trinajstić information content (AvgIpc) is 2.81. The van der Waals surface area contributed by atoms with Crippen molar-refractivity contribution in [3.8, 4) is 0 Å². The van der Waals surface area contributed by atoms with E-state index in [1.54, 1.807) is 37.3 Å². The summed E-state index contributed by atoms with van der Waals surface area (Å²) in [6.07, 6.45) is 2.33. The Bertz CT molecular complexity index is 797. The predicted octanol–water partition coefficient (Wildman–Crippen LogP) is 2.98. The molecule has 1 aromatic rings. The maximum atomic E-state index is 12.7. The van der Waals surface area contributed by atoms with E-state index >= 15 is 0 Å². The van der Waals surface area contributed by atoms with Gasteiger partial charge in [0.05, 0.1) is 25.2 Å². The van der Waals surface area contributed by atoms with Crippen molar-refractivity contribution in [2.24, 2.45) is 5.92 Å². The topological polar surface area (TPSA) is 164 Å². The SMILES string of the molecule is CCCCC[C@@H](C(=O)NCNC(=O)O)[C@@H](CC)N(C=O)OCOP(=O)(O)OCc1ccccc1. The molecule has 0 radical (unpaired) electrons. The van der Waals surface area contributed by atoms with Crippen molar-refractivity contribution in [2.45, 2.75) is 58.6 Å². The molecule has 1 unspecified atom stereocenters. The molecular formula is C21H34N3O9P. The molecule has 0 fully saturated rings. The van der Waals surface area contributed by atoms with E-state index in [4.69, 9.17) is 19.0 Å².